The van der Waals surface area contributed by atoms with Crippen LogP contribution in [0.2, 0.25) is 0 Å². The number of hydrogen-bond acceptors (Lipinski definition) is 7. The van der Waals surface area contributed by atoms with Crippen LogP contribution in [-0.4, -0.2) is 81.2 Å². The highest BCUT2D eigenvalue weighted by Gasteiger charge is 2.31. The molecule has 1 aromatic heterocycles. The van der Waals surface area contributed by atoms with Crippen molar-refractivity contribution < 1.29 is 27.4 Å². The summed E-state index contributed by atoms with van der Waals surface area (Å²) in [4.78, 5) is 26.6. The normalized spacial score (nSPS) is 16.7. The Hall–Kier alpha value is -2.89. The molecular weight excluding hydrogens is 438 g/mol. The molecule has 1 fully saturated rings. The number of rotatable bonds is 6. The van der Waals surface area contributed by atoms with E-state index in [2.05, 4.69) is 0 Å². The van der Waals surface area contributed by atoms with Crippen LogP contribution in [0.5, 0.6) is 11.5 Å². The molecule has 1 aromatic carbocycles. The Morgan fingerprint density at radius 2 is 1.75 bits per heavy atom. The zero-order chi connectivity index (χ0) is 22.7. The molecule has 0 atom stereocenters. The van der Waals surface area contributed by atoms with Crippen LogP contribution in [0.3, 0.4) is 0 Å². The van der Waals surface area contributed by atoms with Crippen molar-refractivity contribution in [2.24, 2.45) is 0 Å². The van der Waals surface area contributed by atoms with Gasteiger partial charge in [-0.05, 0) is 18.2 Å². The summed E-state index contributed by atoms with van der Waals surface area (Å²) in [5.74, 6) is 0.694. The molecule has 172 valence electrons. The first-order chi connectivity index (χ1) is 15.4. The highest BCUT2D eigenvalue weighted by molar-refractivity contribution is 7.89. The predicted molar refractivity (Wildman–Crippen MR) is 115 cm³/mol. The van der Waals surface area contributed by atoms with Gasteiger partial charge in [0.15, 0.2) is 11.5 Å². The number of carbonyl (C=O) groups excluding carboxylic acids is 1. The lowest BCUT2D eigenvalue weighted by Gasteiger charge is -2.34. The molecule has 2 aliphatic heterocycles. The van der Waals surface area contributed by atoms with E-state index in [-0.39, 0.29) is 42.5 Å². The van der Waals surface area contributed by atoms with Crippen molar-refractivity contribution in [2.45, 2.75) is 11.4 Å². The lowest BCUT2D eigenvalue weighted by Crippen LogP contribution is -2.50. The van der Waals surface area contributed by atoms with E-state index in [0.29, 0.717) is 43.4 Å². The molecule has 4 rings (SSSR count). The summed E-state index contributed by atoms with van der Waals surface area (Å²) in [6.07, 6.45) is 1.52. The van der Waals surface area contributed by atoms with Crippen molar-refractivity contribution in [1.82, 2.24) is 13.8 Å². The van der Waals surface area contributed by atoms with E-state index in [1.165, 1.54) is 39.3 Å². The second-order valence-corrected chi connectivity index (χ2v) is 9.38. The van der Waals surface area contributed by atoms with Gasteiger partial charge in [-0.15, -0.1) is 0 Å². The average Bonchev–Trinajstić information content (AvgIpc) is 2.83. The van der Waals surface area contributed by atoms with E-state index in [4.69, 9.17) is 14.2 Å². The minimum Gasteiger partial charge on any atom is -0.486 e. The van der Waals surface area contributed by atoms with Crippen molar-refractivity contribution in [3.63, 3.8) is 0 Å². The van der Waals surface area contributed by atoms with Crippen LogP contribution in [-0.2, 0) is 21.3 Å². The summed E-state index contributed by atoms with van der Waals surface area (Å²) >= 11 is 0. The monoisotopic (exact) mass is 463 g/mol. The maximum Gasteiger partial charge on any atom is 0.255 e. The molecular formula is C21H25N3O7S. The second-order valence-electron chi connectivity index (χ2n) is 7.44. The lowest BCUT2D eigenvalue weighted by atomic mass is 10.2. The highest BCUT2D eigenvalue weighted by atomic mass is 32.2. The average molecular weight is 464 g/mol. The van der Waals surface area contributed by atoms with Gasteiger partial charge in [-0.2, -0.15) is 4.31 Å². The fraction of sp³-hybridized carbons (Fsp3) is 0.429. The van der Waals surface area contributed by atoms with Gasteiger partial charge in [0.1, 0.15) is 13.2 Å². The molecule has 2 aliphatic rings. The fourth-order valence-corrected chi connectivity index (χ4v) is 5.11. The molecule has 0 bridgehead atoms. The zero-order valence-electron chi connectivity index (χ0n) is 17.7. The van der Waals surface area contributed by atoms with Crippen LogP contribution in [0.1, 0.15) is 10.4 Å². The van der Waals surface area contributed by atoms with Crippen LogP contribution < -0.4 is 15.0 Å². The van der Waals surface area contributed by atoms with Gasteiger partial charge in [0, 0.05) is 58.2 Å². The Kier molecular flexibility index (Phi) is 6.49. The van der Waals surface area contributed by atoms with E-state index >= 15 is 0 Å². The zero-order valence-corrected chi connectivity index (χ0v) is 18.5. The number of hydrogen-bond donors (Lipinski definition) is 0. The van der Waals surface area contributed by atoms with Crippen LogP contribution in [0.15, 0.2) is 46.2 Å². The first kappa shape index (κ1) is 22.3. The maximum absolute atomic E-state index is 13.1. The van der Waals surface area contributed by atoms with Crippen LogP contribution in [0.25, 0.3) is 0 Å². The molecule has 1 saturated heterocycles. The number of carbonyl (C=O) groups is 1. The van der Waals surface area contributed by atoms with Crippen LogP contribution >= 0.6 is 0 Å². The molecule has 10 nitrogen and oxygen atoms in total. The number of benzene rings is 1. The van der Waals surface area contributed by atoms with Crippen molar-refractivity contribution >= 4 is 15.9 Å². The molecule has 0 aliphatic carbocycles. The fourth-order valence-electron chi connectivity index (χ4n) is 3.67. The molecule has 2 aromatic rings. The molecule has 0 saturated carbocycles. The third-order valence-electron chi connectivity index (χ3n) is 5.44. The molecule has 32 heavy (non-hydrogen) atoms. The summed E-state index contributed by atoms with van der Waals surface area (Å²) in [5, 5.41) is 0. The van der Waals surface area contributed by atoms with Crippen molar-refractivity contribution in [2.75, 3.05) is 53.1 Å². The molecule has 1 amide bonds. The Morgan fingerprint density at radius 3 is 2.47 bits per heavy atom. The first-order valence-electron chi connectivity index (χ1n) is 10.3. The number of aromatic nitrogens is 1. The van der Waals surface area contributed by atoms with E-state index in [0.717, 1.165) is 0 Å². The smallest absolute Gasteiger partial charge is 0.255 e. The SMILES string of the molecule is COCCn1cc(C(=O)N2CCN(S(=O)(=O)c3ccc4c(c3)OCCO4)CC2)ccc1=O. The molecule has 11 heteroatoms. The van der Waals surface area contributed by atoms with Gasteiger partial charge in [0.2, 0.25) is 10.0 Å². The van der Waals surface area contributed by atoms with Crippen molar-refractivity contribution in [3.05, 3.63) is 52.4 Å². The summed E-state index contributed by atoms with van der Waals surface area (Å²) in [6, 6.07) is 7.42. The summed E-state index contributed by atoms with van der Waals surface area (Å²) < 4.78 is 44.9. The number of sulfonamides is 1. The molecule has 0 unspecified atom stereocenters. The molecule has 0 radical (unpaired) electrons. The summed E-state index contributed by atoms with van der Waals surface area (Å²) in [7, 11) is -2.19. The molecule has 3 heterocycles. The van der Waals surface area contributed by atoms with Gasteiger partial charge in [0.05, 0.1) is 17.1 Å². The van der Waals surface area contributed by atoms with Crippen molar-refractivity contribution in [1.29, 1.82) is 0 Å². The van der Waals surface area contributed by atoms with E-state index in [1.807, 2.05) is 0 Å². The number of amides is 1. The van der Waals surface area contributed by atoms with Gasteiger partial charge < -0.3 is 23.7 Å². The summed E-state index contributed by atoms with van der Waals surface area (Å²) in [6.45, 7) is 2.35. The second kappa shape index (κ2) is 9.31. The molecule has 0 spiro atoms. The minimum atomic E-state index is -3.73. The third kappa shape index (κ3) is 4.50. The van der Waals surface area contributed by atoms with Crippen molar-refractivity contribution in [3.8, 4) is 11.5 Å². The standard InChI is InChI=1S/C21H25N3O7S/c1-29-11-10-23-15-16(2-5-20(23)25)21(26)22-6-8-24(9-7-22)32(27,28)17-3-4-18-19(14-17)31-13-12-30-18/h2-5,14-15H,6-13H2,1H3. The first-order valence-corrected chi connectivity index (χ1v) is 11.7. The quantitative estimate of drug-likeness (QED) is 0.611. The lowest BCUT2D eigenvalue weighted by molar-refractivity contribution is 0.0696. The van der Waals surface area contributed by atoms with E-state index < -0.39 is 10.0 Å². The van der Waals surface area contributed by atoms with Crippen LogP contribution in [0, 0.1) is 0 Å². The number of nitrogens with zero attached hydrogens (tertiary/aromatic N) is 3. The number of fused-ring (bicyclic) bond motifs is 1. The minimum absolute atomic E-state index is 0.131. The number of ether oxygens (including phenoxy) is 3. The van der Waals surface area contributed by atoms with Crippen LogP contribution in [0.4, 0.5) is 0 Å². The van der Waals surface area contributed by atoms with E-state index in [1.54, 1.807) is 18.1 Å². The number of pyridine rings is 1. The Morgan fingerprint density at radius 1 is 1.03 bits per heavy atom. The van der Waals surface area contributed by atoms with Gasteiger partial charge >= 0.3 is 0 Å². The largest absolute Gasteiger partial charge is 0.486 e. The number of methoxy groups -OCH3 is 1. The topological polar surface area (TPSA) is 107 Å². The van der Waals surface area contributed by atoms with Gasteiger partial charge in [-0.3, -0.25) is 9.59 Å². The van der Waals surface area contributed by atoms with Gasteiger partial charge in [0.25, 0.3) is 11.5 Å². The number of piperazine rings is 1. The third-order valence-corrected chi connectivity index (χ3v) is 7.34. The Labute approximate surface area is 185 Å². The highest BCUT2D eigenvalue weighted by Crippen LogP contribution is 2.33. The summed E-state index contributed by atoms with van der Waals surface area (Å²) in [5.41, 5.74) is 0.165. The Bertz CT molecular complexity index is 1150. The Balaban J connectivity index is 1.43. The van der Waals surface area contributed by atoms with E-state index in [9.17, 15) is 18.0 Å². The van der Waals surface area contributed by atoms with Gasteiger partial charge in [-0.1, -0.05) is 0 Å². The van der Waals surface area contributed by atoms with Gasteiger partial charge in [-0.25, -0.2) is 8.42 Å². The molecule has 0 N–H and O–H groups in total. The maximum atomic E-state index is 13.1. The predicted octanol–water partition coefficient (Wildman–Crippen LogP) is 0.413.